The fourth-order valence-electron chi connectivity index (χ4n) is 2.02. The minimum Gasteiger partial charge on any atom is -0.365 e. The number of hydrogen-bond donors (Lipinski definition) is 1. The van der Waals surface area contributed by atoms with Crippen LogP contribution in [0.4, 0.5) is 5.82 Å². The average molecular weight is 293 g/mol. The van der Waals surface area contributed by atoms with Gasteiger partial charge in [-0.2, -0.15) is 16.7 Å². The van der Waals surface area contributed by atoms with E-state index in [-0.39, 0.29) is 10.4 Å². The van der Waals surface area contributed by atoms with E-state index in [2.05, 4.69) is 26.8 Å². The van der Waals surface area contributed by atoms with Gasteiger partial charge in [-0.25, -0.2) is 0 Å². The lowest BCUT2D eigenvalue weighted by molar-refractivity contribution is 0.472. The van der Waals surface area contributed by atoms with Crippen LogP contribution < -0.4 is 5.32 Å². The molecule has 94 valence electrons. The fraction of sp³-hybridized carbons (Fsp3) is 0.700. The molecule has 0 saturated heterocycles. The summed E-state index contributed by atoms with van der Waals surface area (Å²) >= 11 is 13.6. The van der Waals surface area contributed by atoms with Crippen molar-refractivity contribution in [3.63, 3.8) is 0 Å². The van der Waals surface area contributed by atoms with Gasteiger partial charge in [-0.05, 0) is 43.5 Å². The molecule has 0 spiro atoms. The number of nitrogens with zero attached hydrogens (tertiary/aromatic N) is 3. The van der Waals surface area contributed by atoms with Crippen LogP contribution in [0.3, 0.4) is 0 Å². The number of halogens is 2. The maximum absolute atomic E-state index is 5.91. The summed E-state index contributed by atoms with van der Waals surface area (Å²) in [7, 11) is 0. The highest BCUT2D eigenvalue weighted by molar-refractivity contribution is 7.99. The van der Waals surface area contributed by atoms with Crippen molar-refractivity contribution in [3.05, 3.63) is 10.4 Å². The number of nitrogens with one attached hydrogen (secondary N) is 1. The summed E-state index contributed by atoms with van der Waals surface area (Å²) in [6.45, 7) is 0. The summed E-state index contributed by atoms with van der Waals surface area (Å²) in [6.07, 6.45) is 6.88. The molecule has 17 heavy (non-hydrogen) atoms. The molecule has 0 radical (unpaired) electrons. The monoisotopic (exact) mass is 292 g/mol. The van der Waals surface area contributed by atoms with Crippen molar-refractivity contribution in [2.45, 2.75) is 37.0 Å². The Labute approximate surface area is 115 Å². The Hall–Kier alpha value is -0.260. The number of thioether (sulfide) groups is 1. The normalized spacial score (nSPS) is 24.6. The van der Waals surface area contributed by atoms with Crippen LogP contribution in [-0.4, -0.2) is 32.7 Å². The van der Waals surface area contributed by atoms with Crippen LogP contribution in [0.5, 0.6) is 0 Å². The zero-order valence-corrected chi connectivity index (χ0v) is 11.8. The molecule has 0 amide bonds. The van der Waals surface area contributed by atoms with Crippen molar-refractivity contribution >= 4 is 40.8 Å². The molecule has 1 aliphatic rings. The summed E-state index contributed by atoms with van der Waals surface area (Å²) in [5.41, 5.74) is 0. The third kappa shape index (κ3) is 3.60. The first-order chi connectivity index (χ1) is 8.19. The van der Waals surface area contributed by atoms with Crippen LogP contribution in [0.25, 0.3) is 0 Å². The molecule has 1 saturated carbocycles. The van der Waals surface area contributed by atoms with Gasteiger partial charge in [-0.15, -0.1) is 10.2 Å². The van der Waals surface area contributed by atoms with Gasteiger partial charge in [0.2, 0.25) is 5.28 Å². The third-order valence-corrected chi connectivity index (χ3v) is 4.52. The maximum Gasteiger partial charge on any atom is 0.245 e. The van der Waals surface area contributed by atoms with E-state index in [4.69, 9.17) is 23.2 Å². The first-order valence-corrected chi connectivity index (χ1v) is 7.58. The molecule has 1 aliphatic carbocycles. The van der Waals surface area contributed by atoms with Crippen LogP contribution in [0, 0.1) is 0 Å². The van der Waals surface area contributed by atoms with E-state index < -0.39 is 0 Å². The molecular weight excluding hydrogens is 279 g/mol. The molecule has 1 aromatic rings. The highest BCUT2D eigenvalue weighted by Gasteiger charge is 2.21. The minimum absolute atomic E-state index is 0.120. The molecule has 0 atom stereocenters. The predicted molar refractivity (Wildman–Crippen MR) is 73.0 cm³/mol. The van der Waals surface area contributed by atoms with Crippen LogP contribution in [0.1, 0.15) is 25.7 Å². The van der Waals surface area contributed by atoms with Gasteiger partial charge in [0.1, 0.15) is 0 Å². The van der Waals surface area contributed by atoms with E-state index in [1.54, 1.807) is 0 Å². The van der Waals surface area contributed by atoms with Crippen LogP contribution in [0.2, 0.25) is 10.4 Å². The summed E-state index contributed by atoms with van der Waals surface area (Å²) in [4.78, 5) is 4.05. The standard InChI is InChI=1S/C10H14Cl2N4S/c1-17-7-4-2-6(3-5-7)13-9-8(11)15-16-10(12)14-9/h6-7H,2-5H2,1H3,(H,13,14,16). The Morgan fingerprint density at radius 3 is 2.53 bits per heavy atom. The quantitative estimate of drug-likeness (QED) is 0.927. The van der Waals surface area contributed by atoms with Gasteiger partial charge in [0, 0.05) is 11.3 Å². The second kappa shape index (κ2) is 6.07. The lowest BCUT2D eigenvalue weighted by Gasteiger charge is -2.28. The second-order valence-electron chi connectivity index (χ2n) is 4.07. The van der Waals surface area contributed by atoms with Gasteiger partial charge in [0.05, 0.1) is 0 Å². The largest absolute Gasteiger partial charge is 0.365 e. The highest BCUT2D eigenvalue weighted by atomic mass is 35.5. The van der Waals surface area contributed by atoms with E-state index >= 15 is 0 Å². The van der Waals surface area contributed by atoms with Crippen LogP contribution in [-0.2, 0) is 0 Å². The highest BCUT2D eigenvalue weighted by Crippen LogP contribution is 2.29. The van der Waals surface area contributed by atoms with Crippen molar-refractivity contribution in [3.8, 4) is 0 Å². The van der Waals surface area contributed by atoms with Gasteiger partial charge >= 0.3 is 0 Å². The number of aromatic nitrogens is 3. The van der Waals surface area contributed by atoms with E-state index in [9.17, 15) is 0 Å². The lowest BCUT2D eigenvalue weighted by atomic mass is 9.95. The first kappa shape index (κ1) is 13.2. The van der Waals surface area contributed by atoms with Crippen molar-refractivity contribution in [2.24, 2.45) is 0 Å². The van der Waals surface area contributed by atoms with Gasteiger partial charge in [-0.1, -0.05) is 11.6 Å². The molecular formula is C10H14Cl2N4S. The molecule has 1 heterocycles. The topological polar surface area (TPSA) is 50.7 Å². The van der Waals surface area contributed by atoms with Crippen molar-refractivity contribution in [2.75, 3.05) is 11.6 Å². The van der Waals surface area contributed by atoms with E-state index in [0.717, 1.165) is 18.1 Å². The molecule has 1 fully saturated rings. The van der Waals surface area contributed by atoms with Crippen molar-refractivity contribution in [1.82, 2.24) is 15.2 Å². The number of hydrogen-bond acceptors (Lipinski definition) is 5. The summed E-state index contributed by atoms with van der Waals surface area (Å²) in [6, 6.07) is 0.406. The molecule has 1 aromatic heterocycles. The molecule has 4 nitrogen and oxygen atoms in total. The van der Waals surface area contributed by atoms with Gasteiger partial charge in [0.25, 0.3) is 0 Å². The van der Waals surface area contributed by atoms with Crippen molar-refractivity contribution < 1.29 is 0 Å². The number of rotatable bonds is 3. The second-order valence-corrected chi connectivity index (χ2v) is 5.91. The Bertz CT molecular complexity index is 383. The maximum atomic E-state index is 5.91. The van der Waals surface area contributed by atoms with Crippen LogP contribution >= 0.6 is 35.0 Å². The Morgan fingerprint density at radius 2 is 1.88 bits per heavy atom. The first-order valence-electron chi connectivity index (χ1n) is 5.54. The van der Waals surface area contributed by atoms with E-state index in [1.165, 1.54) is 12.8 Å². The Morgan fingerprint density at radius 1 is 1.18 bits per heavy atom. The average Bonchev–Trinajstić information content (AvgIpc) is 2.35. The van der Waals surface area contributed by atoms with E-state index in [0.29, 0.717) is 11.9 Å². The summed E-state index contributed by atoms with van der Waals surface area (Å²) in [5.74, 6) is 0.541. The molecule has 0 aliphatic heterocycles. The smallest absolute Gasteiger partial charge is 0.245 e. The summed E-state index contributed by atoms with van der Waals surface area (Å²) < 4.78 is 0. The molecule has 0 bridgehead atoms. The van der Waals surface area contributed by atoms with Gasteiger partial charge in [-0.3, -0.25) is 0 Å². The molecule has 2 rings (SSSR count). The van der Waals surface area contributed by atoms with Gasteiger partial charge < -0.3 is 5.32 Å². The van der Waals surface area contributed by atoms with E-state index in [1.807, 2.05) is 11.8 Å². The zero-order valence-electron chi connectivity index (χ0n) is 9.49. The third-order valence-electron chi connectivity index (χ3n) is 2.97. The zero-order chi connectivity index (χ0) is 12.3. The number of anilines is 1. The summed E-state index contributed by atoms with van der Waals surface area (Å²) in [5, 5.41) is 11.8. The predicted octanol–water partition coefficient (Wildman–Crippen LogP) is 3.26. The Balaban J connectivity index is 1.95. The lowest BCUT2D eigenvalue weighted by Crippen LogP contribution is -2.27. The van der Waals surface area contributed by atoms with Gasteiger partial charge in [0.15, 0.2) is 11.0 Å². The molecule has 1 N–H and O–H groups in total. The fourth-order valence-corrected chi connectivity index (χ4v) is 3.02. The minimum atomic E-state index is 0.120. The molecule has 7 heteroatoms. The Kier molecular flexibility index (Phi) is 4.70. The molecule has 0 aromatic carbocycles. The SMILES string of the molecule is CSC1CCC(Nc2nc(Cl)nnc2Cl)CC1. The van der Waals surface area contributed by atoms with Crippen LogP contribution in [0.15, 0.2) is 0 Å². The molecule has 0 unspecified atom stereocenters. The van der Waals surface area contributed by atoms with Crippen molar-refractivity contribution in [1.29, 1.82) is 0 Å².